The fourth-order valence-corrected chi connectivity index (χ4v) is 2.02. The summed E-state index contributed by atoms with van der Waals surface area (Å²) < 4.78 is 0. The maximum atomic E-state index is 12.1. The molecule has 90 valence electrons. The maximum absolute atomic E-state index is 12.1. The molecule has 0 aliphatic heterocycles. The number of hydrogen-bond donors (Lipinski definition) is 0. The van der Waals surface area contributed by atoms with Crippen LogP contribution >= 0.6 is 23.4 Å². The van der Waals surface area contributed by atoms with Gasteiger partial charge in [0, 0.05) is 11.4 Å². The Balaban J connectivity index is 3.06. The molecule has 0 heterocycles. The lowest BCUT2D eigenvalue weighted by Crippen LogP contribution is -2.31. The molecule has 17 heavy (non-hydrogen) atoms. The van der Waals surface area contributed by atoms with E-state index in [0.29, 0.717) is 17.1 Å². The van der Waals surface area contributed by atoms with Crippen LogP contribution in [0, 0.1) is 11.3 Å². The van der Waals surface area contributed by atoms with Crippen molar-refractivity contribution in [1.82, 2.24) is 4.90 Å². The third kappa shape index (κ3) is 3.39. The van der Waals surface area contributed by atoms with Crippen LogP contribution in [0.5, 0.6) is 0 Å². The van der Waals surface area contributed by atoms with Gasteiger partial charge in [-0.3, -0.25) is 4.79 Å². The zero-order chi connectivity index (χ0) is 12.8. The van der Waals surface area contributed by atoms with Crippen LogP contribution in [0.2, 0.25) is 5.02 Å². The van der Waals surface area contributed by atoms with Crippen molar-refractivity contribution in [1.29, 1.82) is 5.26 Å². The van der Waals surface area contributed by atoms with Crippen LogP contribution in [0.25, 0.3) is 0 Å². The topological polar surface area (TPSA) is 44.1 Å². The van der Waals surface area contributed by atoms with Gasteiger partial charge in [-0.15, -0.1) is 11.8 Å². The molecule has 5 heteroatoms. The van der Waals surface area contributed by atoms with Gasteiger partial charge in [0.15, 0.2) is 0 Å². The molecule has 0 bridgehead atoms. The fraction of sp³-hybridized carbons (Fsp3) is 0.333. The molecule has 0 N–H and O–H groups in total. The third-order valence-corrected chi connectivity index (χ3v) is 3.39. The van der Waals surface area contributed by atoms with E-state index in [0.717, 1.165) is 4.90 Å². The first-order valence-electron chi connectivity index (χ1n) is 5.13. The molecule has 1 aromatic rings. The van der Waals surface area contributed by atoms with E-state index in [-0.39, 0.29) is 12.5 Å². The van der Waals surface area contributed by atoms with E-state index < -0.39 is 0 Å². The monoisotopic (exact) mass is 268 g/mol. The first-order chi connectivity index (χ1) is 8.13. The van der Waals surface area contributed by atoms with Gasteiger partial charge in [0.05, 0.1) is 16.7 Å². The van der Waals surface area contributed by atoms with Crippen molar-refractivity contribution in [3.05, 3.63) is 28.8 Å². The zero-order valence-electron chi connectivity index (χ0n) is 9.74. The number of thioether (sulfide) groups is 1. The van der Waals surface area contributed by atoms with E-state index >= 15 is 0 Å². The Morgan fingerprint density at radius 3 is 2.82 bits per heavy atom. The third-order valence-electron chi connectivity index (χ3n) is 2.33. The fourth-order valence-electron chi connectivity index (χ4n) is 1.38. The predicted molar refractivity (Wildman–Crippen MR) is 70.4 cm³/mol. The van der Waals surface area contributed by atoms with Crippen molar-refractivity contribution < 1.29 is 4.79 Å². The van der Waals surface area contributed by atoms with Gasteiger partial charge in [0.25, 0.3) is 5.91 Å². The minimum absolute atomic E-state index is 0.0785. The van der Waals surface area contributed by atoms with Crippen LogP contribution in [-0.4, -0.2) is 30.2 Å². The standard InChI is InChI=1S/C12H13ClN2OS/c1-3-15(7-6-14)12(16)10-8-9(17-2)4-5-11(10)13/h4-5,8H,3,7H2,1-2H3. The van der Waals surface area contributed by atoms with E-state index in [1.54, 1.807) is 23.9 Å². The van der Waals surface area contributed by atoms with E-state index in [1.807, 2.05) is 25.3 Å². The van der Waals surface area contributed by atoms with Crippen LogP contribution in [0.3, 0.4) is 0 Å². The van der Waals surface area contributed by atoms with E-state index in [9.17, 15) is 4.79 Å². The minimum Gasteiger partial charge on any atom is -0.326 e. The molecule has 0 spiro atoms. The molecule has 1 aromatic carbocycles. The zero-order valence-corrected chi connectivity index (χ0v) is 11.3. The lowest BCUT2D eigenvalue weighted by molar-refractivity contribution is 0.0784. The van der Waals surface area contributed by atoms with Gasteiger partial charge in [0.2, 0.25) is 0 Å². The van der Waals surface area contributed by atoms with Crippen molar-refractivity contribution in [2.24, 2.45) is 0 Å². The van der Waals surface area contributed by atoms with Gasteiger partial charge >= 0.3 is 0 Å². The quantitative estimate of drug-likeness (QED) is 0.623. The lowest BCUT2D eigenvalue weighted by atomic mass is 10.2. The molecular weight excluding hydrogens is 256 g/mol. The summed E-state index contributed by atoms with van der Waals surface area (Å²) in [5.74, 6) is -0.199. The van der Waals surface area contributed by atoms with Crippen LogP contribution in [0.15, 0.2) is 23.1 Å². The summed E-state index contributed by atoms with van der Waals surface area (Å²) in [6.07, 6.45) is 1.93. The average Bonchev–Trinajstić information content (AvgIpc) is 2.35. The maximum Gasteiger partial charge on any atom is 0.256 e. The highest BCUT2D eigenvalue weighted by molar-refractivity contribution is 7.98. The summed E-state index contributed by atoms with van der Waals surface area (Å²) in [6, 6.07) is 7.31. The Kier molecular flexibility index (Phi) is 5.33. The number of rotatable bonds is 4. The molecule has 0 saturated carbocycles. The van der Waals surface area contributed by atoms with E-state index in [4.69, 9.17) is 16.9 Å². The van der Waals surface area contributed by atoms with Gasteiger partial charge < -0.3 is 4.90 Å². The number of carbonyl (C=O) groups excluding carboxylic acids is 1. The molecular formula is C12H13ClN2OS. The highest BCUT2D eigenvalue weighted by atomic mass is 35.5. The normalized spacial score (nSPS) is 9.76. The number of nitrogens with zero attached hydrogens (tertiary/aromatic N) is 2. The second kappa shape index (κ2) is 6.53. The average molecular weight is 269 g/mol. The number of halogens is 1. The number of carbonyl (C=O) groups is 1. The molecule has 0 saturated heterocycles. The lowest BCUT2D eigenvalue weighted by Gasteiger charge is -2.18. The highest BCUT2D eigenvalue weighted by Gasteiger charge is 2.17. The molecule has 1 rings (SSSR count). The molecule has 1 amide bonds. The van der Waals surface area contributed by atoms with E-state index in [2.05, 4.69) is 0 Å². The SMILES string of the molecule is CCN(CC#N)C(=O)c1cc(SC)ccc1Cl. The van der Waals surface area contributed by atoms with Crippen molar-refractivity contribution in [3.63, 3.8) is 0 Å². The predicted octanol–water partition coefficient (Wildman–Crippen LogP) is 3.05. The van der Waals surface area contributed by atoms with Crippen LogP contribution in [-0.2, 0) is 0 Å². The minimum atomic E-state index is -0.199. The first-order valence-corrected chi connectivity index (χ1v) is 6.74. The van der Waals surface area contributed by atoms with Gasteiger partial charge in [-0.05, 0) is 31.4 Å². The molecule has 0 radical (unpaired) electrons. The Morgan fingerprint density at radius 2 is 2.29 bits per heavy atom. The molecule has 0 aliphatic rings. The molecule has 0 fully saturated rings. The Labute approximate surface area is 110 Å². The van der Waals surface area contributed by atoms with Gasteiger partial charge in [-0.25, -0.2) is 0 Å². The summed E-state index contributed by atoms with van der Waals surface area (Å²) in [5.41, 5.74) is 0.454. The Bertz CT molecular complexity index is 456. The summed E-state index contributed by atoms with van der Waals surface area (Å²) in [5, 5.41) is 9.07. The number of benzene rings is 1. The van der Waals surface area contributed by atoms with Gasteiger partial charge in [-0.2, -0.15) is 5.26 Å². The summed E-state index contributed by atoms with van der Waals surface area (Å²) >= 11 is 7.56. The largest absolute Gasteiger partial charge is 0.326 e. The second-order valence-corrected chi connectivity index (χ2v) is 4.61. The Hall–Kier alpha value is -1.18. The number of hydrogen-bond acceptors (Lipinski definition) is 3. The van der Waals surface area contributed by atoms with Crippen LogP contribution in [0.4, 0.5) is 0 Å². The van der Waals surface area contributed by atoms with Crippen molar-refractivity contribution in [3.8, 4) is 6.07 Å². The summed E-state index contributed by atoms with van der Waals surface area (Å²) in [4.78, 5) is 14.6. The van der Waals surface area contributed by atoms with Crippen molar-refractivity contribution in [2.45, 2.75) is 11.8 Å². The number of amides is 1. The van der Waals surface area contributed by atoms with Gasteiger partial charge in [0.1, 0.15) is 6.54 Å². The van der Waals surface area contributed by atoms with Crippen molar-refractivity contribution >= 4 is 29.3 Å². The van der Waals surface area contributed by atoms with E-state index in [1.165, 1.54) is 4.90 Å². The van der Waals surface area contributed by atoms with Crippen molar-refractivity contribution in [2.75, 3.05) is 19.3 Å². The summed E-state index contributed by atoms with van der Waals surface area (Å²) in [7, 11) is 0. The molecule has 3 nitrogen and oxygen atoms in total. The smallest absolute Gasteiger partial charge is 0.256 e. The Morgan fingerprint density at radius 1 is 1.59 bits per heavy atom. The molecule has 0 unspecified atom stereocenters. The second-order valence-electron chi connectivity index (χ2n) is 3.32. The first kappa shape index (κ1) is 13.9. The number of nitriles is 1. The highest BCUT2D eigenvalue weighted by Crippen LogP contribution is 2.24. The molecule has 0 aliphatic carbocycles. The molecule has 0 atom stereocenters. The van der Waals surface area contributed by atoms with Crippen LogP contribution < -0.4 is 0 Å². The molecule has 0 aromatic heterocycles. The summed E-state index contributed by atoms with van der Waals surface area (Å²) in [6.45, 7) is 2.41. The van der Waals surface area contributed by atoms with Gasteiger partial charge in [-0.1, -0.05) is 11.6 Å². The van der Waals surface area contributed by atoms with Crippen LogP contribution in [0.1, 0.15) is 17.3 Å².